The lowest BCUT2D eigenvalue weighted by Crippen LogP contribution is -2.41. The van der Waals surface area contributed by atoms with Gasteiger partial charge in [-0.1, -0.05) is 0 Å². The van der Waals surface area contributed by atoms with Crippen LogP contribution in [0.2, 0.25) is 0 Å². The molecular weight excluding hydrogens is 292 g/mol. The van der Waals surface area contributed by atoms with Crippen molar-refractivity contribution in [3.63, 3.8) is 0 Å². The molecule has 2 rings (SSSR count). The Bertz CT molecular complexity index is 780. The Morgan fingerprint density at radius 1 is 1.33 bits per heavy atom. The third-order valence-electron chi connectivity index (χ3n) is 3.02. The molecule has 1 heterocycles. The second kappa shape index (κ2) is 5.36. The molecule has 1 aromatic heterocycles. The zero-order valence-electron chi connectivity index (χ0n) is 12.0. The highest BCUT2D eigenvalue weighted by Crippen LogP contribution is 2.20. The van der Waals surface area contributed by atoms with Gasteiger partial charge in [-0.25, -0.2) is 13.4 Å². The number of fused-ring (bicyclic) bond motifs is 1. The molecule has 1 aromatic carbocycles. The summed E-state index contributed by atoms with van der Waals surface area (Å²) in [4.78, 5) is 18.6. The van der Waals surface area contributed by atoms with Gasteiger partial charge in [-0.15, -0.1) is 0 Å². The third kappa shape index (κ3) is 2.99. The van der Waals surface area contributed by atoms with Crippen molar-refractivity contribution in [2.75, 3.05) is 5.73 Å². The van der Waals surface area contributed by atoms with Crippen LogP contribution in [0.4, 0.5) is 5.69 Å². The Kier molecular flexibility index (Phi) is 3.91. The van der Waals surface area contributed by atoms with Crippen LogP contribution in [-0.4, -0.2) is 35.6 Å². The number of rotatable bonds is 4. The van der Waals surface area contributed by atoms with Gasteiger partial charge in [0.1, 0.15) is 5.25 Å². The molecule has 4 N–H and O–H groups in total. The highest BCUT2D eigenvalue weighted by atomic mass is 32.2. The number of amides is 1. The van der Waals surface area contributed by atoms with Gasteiger partial charge in [0.2, 0.25) is 20.9 Å². The first-order chi connectivity index (χ1) is 9.71. The number of anilines is 1. The van der Waals surface area contributed by atoms with Crippen LogP contribution in [0.1, 0.15) is 20.8 Å². The van der Waals surface area contributed by atoms with Gasteiger partial charge in [0.05, 0.1) is 11.0 Å². The Balaban J connectivity index is 2.39. The summed E-state index contributed by atoms with van der Waals surface area (Å²) in [7, 11) is -3.88. The maximum atomic E-state index is 12.4. The molecular formula is C13H18N4O3S. The summed E-state index contributed by atoms with van der Waals surface area (Å²) >= 11 is 0. The molecule has 0 bridgehead atoms. The predicted octanol–water partition coefficient (Wildman–Crippen LogP) is 0.832. The minimum absolute atomic E-state index is 0.134. The van der Waals surface area contributed by atoms with Crippen molar-refractivity contribution in [2.45, 2.75) is 37.2 Å². The number of carbonyl (C=O) groups excluding carboxylic acids is 1. The van der Waals surface area contributed by atoms with Gasteiger partial charge in [-0.3, -0.25) is 4.79 Å². The van der Waals surface area contributed by atoms with Gasteiger partial charge in [-0.05, 0) is 39.0 Å². The van der Waals surface area contributed by atoms with Crippen molar-refractivity contribution in [3.05, 3.63) is 18.2 Å². The number of hydrogen-bond donors (Lipinski definition) is 3. The maximum Gasteiger partial charge on any atom is 0.238 e. The number of nitrogens with one attached hydrogen (secondary N) is 2. The fourth-order valence-corrected chi connectivity index (χ4v) is 3.01. The first-order valence-corrected chi connectivity index (χ1v) is 8.06. The van der Waals surface area contributed by atoms with Gasteiger partial charge in [0.25, 0.3) is 0 Å². The van der Waals surface area contributed by atoms with E-state index in [4.69, 9.17) is 5.73 Å². The molecule has 114 valence electrons. The van der Waals surface area contributed by atoms with E-state index in [1.54, 1.807) is 32.0 Å². The number of nitrogens with two attached hydrogens (primary N) is 1. The van der Waals surface area contributed by atoms with E-state index in [0.29, 0.717) is 16.7 Å². The molecule has 0 aliphatic rings. The fraction of sp³-hybridized carbons (Fsp3) is 0.385. The number of aromatic nitrogens is 2. The number of sulfone groups is 1. The highest BCUT2D eigenvalue weighted by Gasteiger charge is 2.32. The molecule has 0 radical (unpaired) electrons. The van der Waals surface area contributed by atoms with E-state index in [0.717, 1.165) is 0 Å². The van der Waals surface area contributed by atoms with E-state index in [9.17, 15) is 13.2 Å². The van der Waals surface area contributed by atoms with Crippen molar-refractivity contribution in [2.24, 2.45) is 0 Å². The lowest BCUT2D eigenvalue weighted by molar-refractivity contribution is -0.120. The Labute approximate surface area is 122 Å². The molecule has 1 atom stereocenters. The van der Waals surface area contributed by atoms with Gasteiger partial charge in [0.15, 0.2) is 0 Å². The Morgan fingerprint density at radius 3 is 2.62 bits per heavy atom. The second-order valence-corrected chi connectivity index (χ2v) is 7.35. The molecule has 0 saturated heterocycles. The maximum absolute atomic E-state index is 12.4. The van der Waals surface area contributed by atoms with Crippen LogP contribution in [0.25, 0.3) is 11.0 Å². The number of H-pyrrole nitrogens is 1. The number of aromatic amines is 1. The summed E-state index contributed by atoms with van der Waals surface area (Å²) in [6.07, 6.45) is 0. The van der Waals surface area contributed by atoms with Gasteiger partial charge in [-0.2, -0.15) is 0 Å². The zero-order valence-corrected chi connectivity index (χ0v) is 12.9. The van der Waals surface area contributed by atoms with Crippen molar-refractivity contribution in [1.82, 2.24) is 15.3 Å². The number of carbonyl (C=O) groups is 1. The van der Waals surface area contributed by atoms with E-state index in [1.165, 1.54) is 6.92 Å². The molecule has 0 saturated carbocycles. The highest BCUT2D eigenvalue weighted by molar-refractivity contribution is 7.92. The first-order valence-electron chi connectivity index (χ1n) is 6.51. The molecule has 0 aliphatic heterocycles. The molecule has 0 fully saturated rings. The van der Waals surface area contributed by atoms with Crippen LogP contribution in [-0.2, 0) is 14.6 Å². The van der Waals surface area contributed by atoms with Gasteiger partial charge >= 0.3 is 0 Å². The van der Waals surface area contributed by atoms with Crippen LogP contribution in [0.5, 0.6) is 0 Å². The molecule has 0 aliphatic carbocycles. The molecule has 1 unspecified atom stereocenters. The zero-order chi connectivity index (χ0) is 15.8. The standard InChI is InChI=1S/C13H18N4O3S/c1-7(2)15-12(18)8(3)21(19,20)13-16-10-5-4-9(14)6-11(10)17-13/h4-8H,14H2,1-3H3,(H,15,18)(H,16,17). The largest absolute Gasteiger partial charge is 0.399 e. The summed E-state index contributed by atoms with van der Waals surface area (Å²) in [5.41, 5.74) is 7.15. The number of benzene rings is 1. The normalized spacial score (nSPS) is 13.5. The number of hydrogen-bond acceptors (Lipinski definition) is 5. The van der Waals surface area contributed by atoms with E-state index in [2.05, 4.69) is 15.3 Å². The molecule has 7 nitrogen and oxygen atoms in total. The quantitative estimate of drug-likeness (QED) is 0.723. The van der Waals surface area contributed by atoms with Crippen LogP contribution in [0.3, 0.4) is 0 Å². The number of nitrogen functional groups attached to an aromatic ring is 1. The van der Waals surface area contributed by atoms with E-state index < -0.39 is 21.0 Å². The topological polar surface area (TPSA) is 118 Å². The lowest BCUT2D eigenvalue weighted by atomic mass is 10.3. The summed E-state index contributed by atoms with van der Waals surface area (Å²) < 4.78 is 24.8. The van der Waals surface area contributed by atoms with Crippen molar-refractivity contribution >= 4 is 32.5 Å². The van der Waals surface area contributed by atoms with Gasteiger partial charge < -0.3 is 16.0 Å². The van der Waals surface area contributed by atoms with E-state index >= 15 is 0 Å². The molecule has 8 heteroatoms. The fourth-order valence-electron chi connectivity index (χ4n) is 1.85. The SMILES string of the molecule is CC(C)NC(=O)C(C)S(=O)(=O)c1nc2ccc(N)cc2[nH]1. The first kappa shape index (κ1) is 15.3. The Hall–Kier alpha value is -2.09. The molecule has 21 heavy (non-hydrogen) atoms. The van der Waals surface area contributed by atoms with Crippen LogP contribution in [0, 0.1) is 0 Å². The second-order valence-electron chi connectivity index (χ2n) is 5.17. The summed E-state index contributed by atoms with van der Waals surface area (Å²) in [6, 6.07) is 4.72. The Morgan fingerprint density at radius 2 is 2.00 bits per heavy atom. The molecule has 2 aromatic rings. The minimum atomic E-state index is -3.88. The van der Waals surface area contributed by atoms with E-state index in [1.807, 2.05) is 0 Å². The van der Waals surface area contributed by atoms with Crippen molar-refractivity contribution < 1.29 is 13.2 Å². The average molecular weight is 310 g/mol. The minimum Gasteiger partial charge on any atom is -0.399 e. The van der Waals surface area contributed by atoms with Gasteiger partial charge in [0, 0.05) is 11.7 Å². The smallest absolute Gasteiger partial charge is 0.238 e. The van der Waals surface area contributed by atoms with Crippen molar-refractivity contribution in [1.29, 1.82) is 0 Å². The van der Waals surface area contributed by atoms with Crippen LogP contribution < -0.4 is 11.1 Å². The molecule has 0 spiro atoms. The average Bonchev–Trinajstić information content (AvgIpc) is 2.80. The van der Waals surface area contributed by atoms with Crippen LogP contribution in [0.15, 0.2) is 23.4 Å². The summed E-state index contributed by atoms with van der Waals surface area (Å²) in [5.74, 6) is -0.551. The van der Waals surface area contributed by atoms with Crippen LogP contribution >= 0.6 is 0 Å². The lowest BCUT2D eigenvalue weighted by Gasteiger charge is -2.13. The predicted molar refractivity (Wildman–Crippen MR) is 80.4 cm³/mol. The summed E-state index contributed by atoms with van der Waals surface area (Å²) in [5, 5.41) is 1.13. The summed E-state index contributed by atoms with van der Waals surface area (Å²) in [6.45, 7) is 4.87. The van der Waals surface area contributed by atoms with E-state index in [-0.39, 0.29) is 11.2 Å². The number of imidazole rings is 1. The third-order valence-corrected chi connectivity index (χ3v) is 4.90. The van der Waals surface area contributed by atoms with Crippen molar-refractivity contribution in [3.8, 4) is 0 Å². The molecule has 1 amide bonds. The number of nitrogens with zero attached hydrogens (tertiary/aromatic N) is 1. The monoisotopic (exact) mass is 310 g/mol.